The average molecular weight is 549 g/mol. The number of para-hydroxylation sites is 1. The van der Waals surface area contributed by atoms with Gasteiger partial charge in [0.05, 0.1) is 5.75 Å². The van der Waals surface area contributed by atoms with Crippen LogP contribution in [0.3, 0.4) is 0 Å². The van der Waals surface area contributed by atoms with Crippen molar-refractivity contribution in [3.05, 3.63) is 83.7 Å². The summed E-state index contributed by atoms with van der Waals surface area (Å²) >= 11 is 4.29. The molecule has 0 aliphatic heterocycles. The van der Waals surface area contributed by atoms with Gasteiger partial charge >= 0.3 is 0 Å². The number of benzene rings is 3. The number of aromatic nitrogens is 5. The van der Waals surface area contributed by atoms with Crippen LogP contribution in [0.25, 0.3) is 10.8 Å². The van der Waals surface area contributed by atoms with Crippen molar-refractivity contribution in [3.63, 3.8) is 0 Å². The van der Waals surface area contributed by atoms with Crippen LogP contribution in [0, 0.1) is 6.92 Å². The van der Waals surface area contributed by atoms with E-state index in [-0.39, 0.29) is 11.7 Å². The lowest BCUT2D eigenvalue weighted by Gasteiger charge is -2.08. The average Bonchev–Trinajstić information content (AvgIpc) is 3.51. The first-order valence-electron chi connectivity index (χ1n) is 11.5. The molecular weight excluding hydrogens is 525 g/mol. The van der Waals surface area contributed by atoms with Gasteiger partial charge in [0.15, 0.2) is 15.3 Å². The van der Waals surface area contributed by atoms with Gasteiger partial charge in [0.1, 0.15) is 12.4 Å². The van der Waals surface area contributed by atoms with Crippen LogP contribution in [0.5, 0.6) is 5.75 Å². The summed E-state index contributed by atoms with van der Waals surface area (Å²) in [4.78, 5) is 12.5. The van der Waals surface area contributed by atoms with Crippen LogP contribution >= 0.6 is 34.9 Å². The molecule has 5 aromatic rings. The number of carbonyl (C=O) groups is 1. The summed E-state index contributed by atoms with van der Waals surface area (Å²) < 4.78 is 8.51. The molecule has 37 heavy (non-hydrogen) atoms. The quantitative estimate of drug-likeness (QED) is 0.175. The number of hydrogen-bond acceptors (Lipinski definition) is 9. The zero-order valence-electron chi connectivity index (χ0n) is 20.2. The maximum absolute atomic E-state index is 12.5. The summed E-state index contributed by atoms with van der Waals surface area (Å²) in [5.74, 6) is 2.28. The lowest BCUT2D eigenvalue weighted by Crippen LogP contribution is -2.14. The highest BCUT2D eigenvalue weighted by Crippen LogP contribution is 2.31. The second-order valence-electron chi connectivity index (χ2n) is 8.15. The van der Waals surface area contributed by atoms with E-state index in [1.165, 1.54) is 39.4 Å². The molecule has 0 saturated carbocycles. The van der Waals surface area contributed by atoms with Gasteiger partial charge in [0.2, 0.25) is 11.0 Å². The maximum atomic E-state index is 12.5. The fraction of sp³-hybridized carbons (Fsp3) is 0.192. The summed E-state index contributed by atoms with van der Waals surface area (Å²) in [5.41, 5.74) is 2.30. The standard InChI is InChI=1S/C26H24N6O2S3/c1-17-8-3-6-13-21(17)34-14-22-28-30-25(32(22)2)35-16-23(33)27-24-29-31-26(37-24)36-15-19-11-7-10-18-9-4-5-12-20(18)19/h3-13H,14-16H2,1-2H3,(H,27,29,33). The third kappa shape index (κ3) is 6.30. The highest BCUT2D eigenvalue weighted by molar-refractivity contribution is 8.00. The molecule has 8 nitrogen and oxygen atoms in total. The Morgan fingerprint density at radius 3 is 2.68 bits per heavy atom. The molecule has 0 unspecified atom stereocenters. The van der Waals surface area contributed by atoms with E-state index in [0.29, 0.717) is 22.7 Å². The number of anilines is 1. The highest BCUT2D eigenvalue weighted by Gasteiger charge is 2.14. The van der Waals surface area contributed by atoms with Crippen molar-refractivity contribution in [2.45, 2.75) is 28.8 Å². The predicted octanol–water partition coefficient (Wildman–Crippen LogP) is 5.73. The first-order chi connectivity index (χ1) is 18.1. The number of fused-ring (bicyclic) bond motifs is 1. The molecule has 11 heteroatoms. The van der Waals surface area contributed by atoms with Gasteiger partial charge < -0.3 is 9.30 Å². The smallest absolute Gasteiger partial charge is 0.236 e. The molecule has 2 heterocycles. The van der Waals surface area contributed by atoms with Gasteiger partial charge in [-0.05, 0) is 34.9 Å². The second kappa shape index (κ2) is 11.8. The summed E-state index contributed by atoms with van der Waals surface area (Å²) in [6.45, 7) is 2.29. The fourth-order valence-corrected chi connectivity index (χ4v) is 6.12. The highest BCUT2D eigenvalue weighted by atomic mass is 32.2. The van der Waals surface area contributed by atoms with Crippen LogP contribution in [-0.2, 0) is 24.2 Å². The molecule has 0 fully saturated rings. The Bertz CT molecular complexity index is 1530. The molecule has 0 aliphatic rings. The molecular formula is C26H24N6O2S3. The van der Waals surface area contributed by atoms with E-state index in [9.17, 15) is 4.79 Å². The first-order valence-corrected chi connectivity index (χ1v) is 14.3. The van der Waals surface area contributed by atoms with Gasteiger partial charge in [-0.2, -0.15) is 0 Å². The number of carbonyl (C=O) groups excluding carboxylic acids is 1. The molecule has 5 rings (SSSR count). The van der Waals surface area contributed by atoms with Crippen molar-refractivity contribution in [3.8, 4) is 5.75 Å². The second-order valence-corrected chi connectivity index (χ2v) is 11.3. The SMILES string of the molecule is Cc1ccccc1OCc1nnc(SCC(=O)Nc2nnc(SCc3cccc4ccccc34)s2)n1C. The summed E-state index contributed by atoms with van der Waals surface area (Å²) in [5, 5.41) is 23.2. The van der Waals surface area contributed by atoms with E-state index in [0.717, 1.165) is 21.4 Å². The first kappa shape index (κ1) is 25.2. The van der Waals surface area contributed by atoms with Crippen molar-refractivity contribution >= 4 is 56.7 Å². The minimum atomic E-state index is -0.174. The summed E-state index contributed by atoms with van der Waals surface area (Å²) in [6, 6.07) is 22.5. The number of thioether (sulfide) groups is 2. The molecule has 188 valence electrons. The number of ether oxygens (including phenoxy) is 1. The Morgan fingerprint density at radius 2 is 1.78 bits per heavy atom. The monoisotopic (exact) mass is 548 g/mol. The Labute approximate surface area is 226 Å². The van der Waals surface area contributed by atoms with Crippen LogP contribution in [0.4, 0.5) is 5.13 Å². The maximum Gasteiger partial charge on any atom is 0.236 e. The van der Waals surface area contributed by atoms with Crippen molar-refractivity contribution in [2.75, 3.05) is 11.1 Å². The van der Waals surface area contributed by atoms with E-state index in [1.54, 1.807) is 11.8 Å². The van der Waals surface area contributed by atoms with E-state index >= 15 is 0 Å². The molecule has 2 aromatic heterocycles. The topological polar surface area (TPSA) is 94.8 Å². The van der Waals surface area contributed by atoms with Crippen LogP contribution < -0.4 is 10.1 Å². The predicted molar refractivity (Wildman–Crippen MR) is 149 cm³/mol. The van der Waals surface area contributed by atoms with Crippen molar-refractivity contribution in [2.24, 2.45) is 7.05 Å². The van der Waals surface area contributed by atoms with Gasteiger partial charge in [-0.3, -0.25) is 10.1 Å². The van der Waals surface area contributed by atoms with Crippen LogP contribution in [0.2, 0.25) is 0 Å². The zero-order chi connectivity index (χ0) is 25.6. The zero-order valence-corrected chi connectivity index (χ0v) is 22.7. The Kier molecular flexibility index (Phi) is 8.02. The third-order valence-corrected chi connectivity index (χ3v) is 8.63. The Morgan fingerprint density at radius 1 is 0.973 bits per heavy atom. The number of aryl methyl sites for hydroxylation is 1. The van der Waals surface area contributed by atoms with E-state index in [4.69, 9.17) is 4.74 Å². The van der Waals surface area contributed by atoms with E-state index in [1.807, 2.05) is 54.9 Å². The van der Waals surface area contributed by atoms with Crippen LogP contribution in [-0.4, -0.2) is 36.6 Å². The van der Waals surface area contributed by atoms with E-state index in [2.05, 4.69) is 56.0 Å². The molecule has 0 atom stereocenters. The molecule has 0 spiro atoms. The van der Waals surface area contributed by atoms with Gasteiger partial charge in [0, 0.05) is 12.8 Å². The summed E-state index contributed by atoms with van der Waals surface area (Å²) in [7, 11) is 1.86. The normalized spacial score (nSPS) is 11.1. The largest absolute Gasteiger partial charge is 0.485 e. The lowest BCUT2D eigenvalue weighted by molar-refractivity contribution is -0.113. The Hall–Kier alpha value is -3.41. The van der Waals surface area contributed by atoms with Crippen molar-refractivity contribution in [1.29, 1.82) is 0 Å². The molecule has 0 aliphatic carbocycles. The number of rotatable bonds is 10. The van der Waals surface area contributed by atoms with Crippen LogP contribution in [0.15, 0.2) is 76.2 Å². The molecule has 1 amide bonds. The van der Waals surface area contributed by atoms with Crippen molar-refractivity contribution < 1.29 is 9.53 Å². The minimum Gasteiger partial charge on any atom is -0.485 e. The minimum absolute atomic E-state index is 0.174. The summed E-state index contributed by atoms with van der Waals surface area (Å²) in [6.07, 6.45) is 0. The van der Waals surface area contributed by atoms with Crippen LogP contribution in [0.1, 0.15) is 17.0 Å². The van der Waals surface area contributed by atoms with Gasteiger partial charge in [-0.25, -0.2) is 0 Å². The molecule has 0 radical (unpaired) electrons. The molecule has 0 saturated heterocycles. The fourth-order valence-electron chi connectivity index (χ4n) is 3.62. The Balaban J connectivity index is 1.11. The van der Waals surface area contributed by atoms with Gasteiger partial charge in [0.25, 0.3) is 0 Å². The third-order valence-electron chi connectivity index (χ3n) is 5.59. The number of nitrogens with zero attached hydrogens (tertiary/aromatic N) is 5. The molecule has 0 bridgehead atoms. The van der Waals surface area contributed by atoms with Crippen molar-refractivity contribution in [1.82, 2.24) is 25.0 Å². The van der Waals surface area contributed by atoms with Gasteiger partial charge in [-0.15, -0.1) is 20.4 Å². The number of amides is 1. The van der Waals surface area contributed by atoms with Gasteiger partial charge in [-0.1, -0.05) is 95.5 Å². The number of nitrogens with one attached hydrogen (secondary N) is 1. The lowest BCUT2D eigenvalue weighted by atomic mass is 10.1. The molecule has 1 N–H and O–H groups in total. The number of hydrogen-bond donors (Lipinski definition) is 1. The molecule has 3 aromatic carbocycles. The van der Waals surface area contributed by atoms with E-state index < -0.39 is 0 Å².